The summed E-state index contributed by atoms with van der Waals surface area (Å²) in [5, 5.41) is 12.7. The molecule has 0 heterocycles. The number of carbonyl (C=O) groups excluding carboxylic acids is 1. The second kappa shape index (κ2) is 9.43. The van der Waals surface area contributed by atoms with Crippen LogP contribution in [0.1, 0.15) is 31.2 Å². The molecule has 0 unspecified atom stereocenters. The van der Waals surface area contributed by atoms with Gasteiger partial charge in [0.2, 0.25) is 5.91 Å². The molecule has 1 amide bonds. The lowest BCUT2D eigenvalue weighted by Gasteiger charge is -2.25. The van der Waals surface area contributed by atoms with Crippen LogP contribution in [0.25, 0.3) is 6.08 Å². The Kier molecular flexibility index (Phi) is 6.95. The predicted octanol–water partition coefficient (Wildman–Crippen LogP) is 3.57. The summed E-state index contributed by atoms with van der Waals surface area (Å²) in [4.78, 5) is 12.1. The predicted molar refractivity (Wildman–Crippen MR) is 114 cm³/mol. The number of benzene rings is 2. The summed E-state index contributed by atoms with van der Waals surface area (Å²) >= 11 is 6.00. The first-order chi connectivity index (χ1) is 13.8. The van der Waals surface area contributed by atoms with Crippen molar-refractivity contribution < 1.29 is 18.3 Å². The molecule has 8 heteroatoms. The van der Waals surface area contributed by atoms with Gasteiger partial charge >= 0.3 is 0 Å². The summed E-state index contributed by atoms with van der Waals surface area (Å²) in [6.07, 6.45) is 5.74. The highest BCUT2D eigenvalue weighted by molar-refractivity contribution is 7.92. The molecule has 1 aliphatic rings. The largest absolute Gasteiger partial charge is 0.393 e. The maximum absolute atomic E-state index is 12.5. The number of aliphatic hydroxyl groups excluding tert-OH is 1. The minimum Gasteiger partial charge on any atom is -0.393 e. The molecular formula is C21H23ClN2O4S. The minimum atomic E-state index is -3.77. The van der Waals surface area contributed by atoms with E-state index in [9.17, 15) is 18.3 Å². The fourth-order valence-corrected chi connectivity index (χ4v) is 4.47. The zero-order valence-electron chi connectivity index (χ0n) is 15.7. The van der Waals surface area contributed by atoms with E-state index in [0.717, 1.165) is 12.8 Å². The normalized spacial score (nSPS) is 19.8. The van der Waals surface area contributed by atoms with Crippen molar-refractivity contribution in [1.29, 1.82) is 0 Å². The van der Waals surface area contributed by atoms with Gasteiger partial charge in [-0.3, -0.25) is 9.52 Å². The molecule has 1 saturated carbocycles. The smallest absolute Gasteiger partial charge is 0.261 e. The van der Waals surface area contributed by atoms with Crippen molar-refractivity contribution in [1.82, 2.24) is 5.32 Å². The maximum Gasteiger partial charge on any atom is 0.261 e. The van der Waals surface area contributed by atoms with Gasteiger partial charge in [0.1, 0.15) is 0 Å². The lowest BCUT2D eigenvalue weighted by atomic mass is 9.93. The molecule has 3 rings (SSSR count). The van der Waals surface area contributed by atoms with Gasteiger partial charge in [0.05, 0.1) is 21.7 Å². The molecule has 29 heavy (non-hydrogen) atoms. The van der Waals surface area contributed by atoms with E-state index < -0.39 is 10.0 Å². The number of hydrogen-bond donors (Lipinski definition) is 3. The van der Waals surface area contributed by atoms with Crippen LogP contribution in [0, 0.1) is 0 Å². The molecule has 0 atom stereocenters. The second-order valence-electron chi connectivity index (χ2n) is 7.00. The van der Waals surface area contributed by atoms with Crippen LogP contribution in [0.4, 0.5) is 5.69 Å². The van der Waals surface area contributed by atoms with Crippen LogP contribution in [0.2, 0.25) is 5.02 Å². The number of carbonyl (C=O) groups is 1. The van der Waals surface area contributed by atoms with E-state index >= 15 is 0 Å². The van der Waals surface area contributed by atoms with Crippen LogP contribution in [0.15, 0.2) is 59.5 Å². The lowest BCUT2D eigenvalue weighted by molar-refractivity contribution is -0.117. The number of para-hydroxylation sites is 1. The first-order valence-electron chi connectivity index (χ1n) is 9.37. The number of hydrogen-bond acceptors (Lipinski definition) is 4. The fourth-order valence-electron chi connectivity index (χ4n) is 3.15. The first-order valence-corrected chi connectivity index (χ1v) is 11.2. The van der Waals surface area contributed by atoms with Crippen LogP contribution in [0.5, 0.6) is 0 Å². The summed E-state index contributed by atoms with van der Waals surface area (Å²) in [5.41, 5.74) is 1.01. The molecule has 154 valence electrons. The molecule has 2 aromatic rings. The topological polar surface area (TPSA) is 95.5 Å². The molecule has 0 spiro atoms. The number of anilines is 1. The summed E-state index contributed by atoms with van der Waals surface area (Å²) in [7, 11) is -3.77. The minimum absolute atomic E-state index is 0.0824. The molecule has 0 aromatic heterocycles. The van der Waals surface area contributed by atoms with Crippen molar-refractivity contribution in [2.24, 2.45) is 0 Å². The number of aliphatic hydroxyl groups is 1. The third-order valence-electron chi connectivity index (χ3n) is 4.78. The first kappa shape index (κ1) is 21.4. The quantitative estimate of drug-likeness (QED) is 0.605. The summed E-state index contributed by atoms with van der Waals surface area (Å²) < 4.78 is 27.5. The lowest BCUT2D eigenvalue weighted by Crippen LogP contribution is -2.37. The fraction of sp³-hybridized carbons (Fsp3) is 0.286. The monoisotopic (exact) mass is 434 g/mol. The number of amides is 1. The zero-order valence-corrected chi connectivity index (χ0v) is 17.3. The van der Waals surface area contributed by atoms with E-state index in [1.807, 2.05) is 0 Å². The Morgan fingerprint density at radius 3 is 2.34 bits per heavy atom. The number of rotatable bonds is 6. The maximum atomic E-state index is 12.5. The molecule has 1 fully saturated rings. The highest BCUT2D eigenvalue weighted by Crippen LogP contribution is 2.24. The summed E-state index contributed by atoms with van der Waals surface area (Å²) in [5.74, 6) is -0.205. The molecule has 0 aliphatic heterocycles. The van der Waals surface area contributed by atoms with E-state index in [-0.39, 0.29) is 22.9 Å². The zero-order chi connectivity index (χ0) is 20.9. The van der Waals surface area contributed by atoms with E-state index in [0.29, 0.717) is 29.1 Å². The molecule has 3 N–H and O–H groups in total. The Bertz CT molecular complexity index is 982. The van der Waals surface area contributed by atoms with Gasteiger partial charge in [-0.05, 0) is 61.6 Å². The van der Waals surface area contributed by atoms with Crippen LogP contribution in [-0.2, 0) is 14.8 Å². The van der Waals surface area contributed by atoms with E-state index in [1.54, 1.807) is 42.5 Å². The van der Waals surface area contributed by atoms with E-state index in [1.165, 1.54) is 18.2 Å². The standard InChI is InChI=1S/C21H23ClN2O4S/c22-19-3-1-2-4-20(19)24-29(27,28)18-12-5-15(6-13-18)7-14-21(26)23-16-8-10-17(25)11-9-16/h1-7,12-14,16-17,24-25H,8-11H2,(H,23,26)/b14-7+. The Balaban J connectivity index is 1.60. The van der Waals surface area contributed by atoms with Gasteiger partial charge in [-0.2, -0.15) is 0 Å². The van der Waals surface area contributed by atoms with Crippen LogP contribution in [0.3, 0.4) is 0 Å². The second-order valence-corrected chi connectivity index (χ2v) is 9.09. The molecular weight excluding hydrogens is 412 g/mol. The van der Waals surface area contributed by atoms with E-state index in [2.05, 4.69) is 10.0 Å². The Morgan fingerprint density at radius 1 is 1.03 bits per heavy atom. The van der Waals surface area contributed by atoms with Crippen molar-refractivity contribution >= 4 is 39.3 Å². The molecule has 0 saturated heterocycles. The molecule has 6 nitrogen and oxygen atoms in total. The van der Waals surface area contributed by atoms with Crippen molar-refractivity contribution in [3.8, 4) is 0 Å². The van der Waals surface area contributed by atoms with Gasteiger partial charge in [0, 0.05) is 12.1 Å². The third-order valence-corrected chi connectivity index (χ3v) is 6.49. The highest BCUT2D eigenvalue weighted by Gasteiger charge is 2.20. The molecule has 0 radical (unpaired) electrons. The van der Waals surface area contributed by atoms with Crippen molar-refractivity contribution in [3.05, 3.63) is 65.2 Å². The number of nitrogens with one attached hydrogen (secondary N) is 2. The SMILES string of the molecule is O=C(/C=C/c1ccc(S(=O)(=O)Nc2ccccc2Cl)cc1)NC1CCC(O)CC1. The van der Waals surface area contributed by atoms with Crippen LogP contribution in [-0.4, -0.2) is 31.6 Å². The van der Waals surface area contributed by atoms with Gasteiger partial charge < -0.3 is 10.4 Å². The average molecular weight is 435 g/mol. The third kappa shape index (κ3) is 6.06. The van der Waals surface area contributed by atoms with Crippen molar-refractivity contribution in [2.45, 2.75) is 42.7 Å². The number of halogens is 1. The summed E-state index contributed by atoms with van der Waals surface area (Å²) in [6.45, 7) is 0. The molecule has 1 aliphatic carbocycles. The number of sulfonamides is 1. The van der Waals surface area contributed by atoms with Crippen molar-refractivity contribution in [2.75, 3.05) is 4.72 Å². The van der Waals surface area contributed by atoms with Gasteiger partial charge in [0.15, 0.2) is 0 Å². The Hall–Kier alpha value is -2.35. The highest BCUT2D eigenvalue weighted by atomic mass is 35.5. The van der Waals surface area contributed by atoms with Crippen molar-refractivity contribution in [3.63, 3.8) is 0 Å². The van der Waals surface area contributed by atoms with Gasteiger partial charge in [-0.1, -0.05) is 35.9 Å². The Labute approximate surface area is 175 Å². The van der Waals surface area contributed by atoms with Crippen LogP contribution >= 0.6 is 11.6 Å². The summed E-state index contributed by atoms with van der Waals surface area (Å²) in [6, 6.07) is 12.9. The van der Waals surface area contributed by atoms with Crippen LogP contribution < -0.4 is 10.0 Å². The van der Waals surface area contributed by atoms with Gasteiger partial charge in [0.25, 0.3) is 10.0 Å². The van der Waals surface area contributed by atoms with Gasteiger partial charge in [-0.15, -0.1) is 0 Å². The molecule has 2 aromatic carbocycles. The van der Waals surface area contributed by atoms with Gasteiger partial charge in [-0.25, -0.2) is 8.42 Å². The molecule has 0 bridgehead atoms. The average Bonchev–Trinajstić information content (AvgIpc) is 2.70. The Morgan fingerprint density at radius 2 is 1.69 bits per heavy atom. The van der Waals surface area contributed by atoms with E-state index in [4.69, 9.17) is 11.6 Å².